The molecule has 1 N–H and O–H groups in total. The Morgan fingerprint density at radius 2 is 1.84 bits per heavy atom. The van der Waals surface area contributed by atoms with Gasteiger partial charge in [0.15, 0.2) is 5.78 Å². The summed E-state index contributed by atoms with van der Waals surface area (Å²) in [6.45, 7) is 3.89. The first kappa shape index (κ1) is 12.9. The second-order valence-corrected chi connectivity index (χ2v) is 6.48. The van der Waals surface area contributed by atoms with Crippen LogP contribution in [0.5, 0.6) is 5.75 Å². The van der Waals surface area contributed by atoms with Crippen LogP contribution in [0.15, 0.2) is 16.6 Å². The highest BCUT2D eigenvalue weighted by Gasteiger charge is 2.44. The van der Waals surface area contributed by atoms with Crippen molar-refractivity contribution in [2.75, 3.05) is 0 Å². The summed E-state index contributed by atoms with van der Waals surface area (Å²) in [5, 5.41) is 9.78. The lowest BCUT2D eigenvalue weighted by Gasteiger charge is -2.16. The van der Waals surface area contributed by atoms with Crippen molar-refractivity contribution in [3.63, 3.8) is 0 Å². The SMILES string of the molecule is Cc1cc(C2=C(Br)C(=O)C3CCCC23)c(C)cc1O. The number of fused-ring (bicyclic) bond motifs is 1. The van der Waals surface area contributed by atoms with Gasteiger partial charge in [0.2, 0.25) is 0 Å². The molecule has 2 aliphatic carbocycles. The lowest BCUT2D eigenvalue weighted by molar-refractivity contribution is -0.118. The lowest BCUT2D eigenvalue weighted by Crippen LogP contribution is -2.10. The number of carbonyl (C=O) groups is 1. The smallest absolute Gasteiger partial charge is 0.173 e. The van der Waals surface area contributed by atoms with Crippen LogP contribution in [0.1, 0.15) is 36.0 Å². The summed E-state index contributed by atoms with van der Waals surface area (Å²) in [5.41, 5.74) is 4.18. The Morgan fingerprint density at radius 1 is 1.16 bits per heavy atom. The van der Waals surface area contributed by atoms with E-state index in [0.29, 0.717) is 11.7 Å². The van der Waals surface area contributed by atoms with Gasteiger partial charge < -0.3 is 5.11 Å². The highest BCUT2D eigenvalue weighted by atomic mass is 79.9. The Labute approximate surface area is 121 Å². The van der Waals surface area contributed by atoms with Crippen molar-refractivity contribution in [1.29, 1.82) is 0 Å². The first-order valence-electron chi connectivity index (χ1n) is 6.75. The number of phenols is 1. The van der Waals surface area contributed by atoms with Crippen LogP contribution in [-0.4, -0.2) is 10.9 Å². The Balaban J connectivity index is 2.16. The molecule has 2 nitrogen and oxygen atoms in total. The van der Waals surface area contributed by atoms with Crippen molar-refractivity contribution in [2.24, 2.45) is 11.8 Å². The summed E-state index contributed by atoms with van der Waals surface area (Å²) in [6.07, 6.45) is 3.25. The van der Waals surface area contributed by atoms with E-state index in [1.807, 2.05) is 19.9 Å². The molecule has 0 amide bonds. The van der Waals surface area contributed by atoms with Crippen molar-refractivity contribution < 1.29 is 9.90 Å². The van der Waals surface area contributed by atoms with E-state index >= 15 is 0 Å². The fraction of sp³-hybridized carbons (Fsp3) is 0.438. The molecule has 19 heavy (non-hydrogen) atoms. The van der Waals surface area contributed by atoms with Gasteiger partial charge in [0.1, 0.15) is 5.75 Å². The zero-order valence-corrected chi connectivity index (χ0v) is 12.8. The third-order valence-corrected chi connectivity index (χ3v) is 5.33. The van der Waals surface area contributed by atoms with Crippen molar-refractivity contribution in [2.45, 2.75) is 33.1 Å². The first-order chi connectivity index (χ1) is 9.00. The maximum atomic E-state index is 12.3. The minimum absolute atomic E-state index is 0.179. The summed E-state index contributed by atoms with van der Waals surface area (Å²) < 4.78 is 0.760. The number of aryl methyl sites for hydroxylation is 2. The predicted molar refractivity (Wildman–Crippen MR) is 79.3 cm³/mol. The van der Waals surface area contributed by atoms with Crippen molar-refractivity contribution in [3.05, 3.63) is 33.3 Å². The normalized spacial score (nSPS) is 26.2. The van der Waals surface area contributed by atoms with Gasteiger partial charge in [-0.15, -0.1) is 0 Å². The quantitative estimate of drug-likeness (QED) is 0.845. The van der Waals surface area contributed by atoms with Crippen molar-refractivity contribution >= 4 is 27.3 Å². The standard InChI is InChI=1S/C16H17BrO2/c1-8-7-13(18)9(2)6-12(8)14-10-4-3-5-11(10)16(19)15(14)17/h6-7,10-11,18H,3-5H2,1-2H3. The van der Waals surface area contributed by atoms with E-state index < -0.39 is 0 Å². The molecule has 2 aliphatic rings. The molecule has 2 unspecified atom stereocenters. The number of carbonyl (C=O) groups excluding carboxylic acids is 1. The van der Waals surface area contributed by atoms with Crippen LogP contribution in [0.2, 0.25) is 0 Å². The summed E-state index contributed by atoms with van der Waals surface area (Å²) in [7, 11) is 0. The fourth-order valence-corrected chi connectivity index (χ4v) is 4.29. The van der Waals surface area contributed by atoms with Gasteiger partial charge in [0.05, 0.1) is 4.48 Å². The minimum Gasteiger partial charge on any atom is -0.508 e. The van der Waals surface area contributed by atoms with Gasteiger partial charge in [-0.25, -0.2) is 0 Å². The van der Waals surface area contributed by atoms with E-state index in [0.717, 1.165) is 46.0 Å². The van der Waals surface area contributed by atoms with E-state index in [1.54, 1.807) is 6.07 Å². The number of aromatic hydroxyl groups is 1. The third-order valence-electron chi connectivity index (χ3n) is 4.51. The average Bonchev–Trinajstić information content (AvgIpc) is 2.90. The van der Waals surface area contributed by atoms with E-state index in [4.69, 9.17) is 0 Å². The Kier molecular flexibility index (Phi) is 3.05. The number of hydrogen-bond acceptors (Lipinski definition) is 2. The summed E-state index contributed by atoms with van der Waals surface area (Å²) >= 11 is 3.51. The maximum Gasteiger partial charge on any atom is 0.173 e. The lowest BCUT2D eigenvalue weighted by atomic mass is 9.87. The summed E-state index contributed by atoms with van der Waals surface area (Å²) in [5.74, 6) is 1.13. The van der Waals surface area contributed by atoms with E-state index in [2.05, 4.69) is 15.9 Å². The van der Waals surface area contributed by atoms with Crippen LogP contribution in [0.25, 0.3) is 5.57 Å². The molecule has 0 bridgehead atoms. The maximum absolute atomic E-state index is 12.3. The van der Waals surface area contributed by atoms with E-state index in [1.165, 1.54) is 0 Å². The predicted octanol–water partition coefficient (Wildman–Crippen LogP) is 4.11. The number of rotatable bonds is 1. The molecule has 100 valence electrons. The van der Waals surface area contributed by atoms with Gasteiger partial charge >= 0.3 is 0 Å². The Morgan fingerprint density at radius 3 is 2.58 bits per heavy atom. The molecule has 0 aromatic heterocycles. The molecule has 3 heteroatoms. The number of allylic oxidation sites excluding steroid dienone is 2. The van der Waals surface area contributed by atoms with Crippen molar-refractivity contribution in [1.82, 2.24) is 0 Å². The zero-order chi connectivity index (χ0) is 13.7. The minimum atomic E-state index is 0.179. The number of halogens is 1. The number of ketones is 1. The number of hydrogen-bond donors (Lipinski definition) is 1. The second kappa shape index (κ2) is 4.48. The molecule has 2 atom stereocenters. The van der Waals surface area contributed by atoms with Crippen LogP contribution in [0.3, 0.4) is 0 Å². The average molecular weight is 321 g/mol. The van der Waals surface area contributed by atoms with Crippen molar-refractivity contribution in [3.8, 4) is 5.75 Å². The van der Waals surface area contributed by atoms with Gasteiger partial charge in [-0.05, 0) is 82.9 Å². The fourth-order valence-electron chi connectivity index (χ4n) is 3.49. The van der Waals surface area contributed by atoms with Gasteiger partial charge in [-0.1, -0.05) is 6.42 Å². The highest BCUT2D eigenvalue weighted by molar-refractivity contribution is 9.12. The molecule has 0 radical (unpaired) electrons. The third kappa shape index (κ3) is 1.86. The molecule has 1 saturated carbocycles. The highest BCUT2D eigenvalue weighted by Crippen LogP contribution is 2.51. The van der Waals surface area contributed by atoms with Crippen LogP contribution in [-0.2, 0) is 4.79 Å². The summed E-state index contributed by atoms with van der Waals surface area (Å²) in [6, 6.07) is 3.81. The molecule has 3 rings (SSSR count). The van der Waals surface area contributed by atoms with Crippen LogP contribution in [0, 0.1) is 25.7 Å². The van der Waals surface area contributed by atoms with Crippen LogP contribution >= 0.6 is 15.9 Å². The zero-order valence-electron chi connectivity index (χ0n) is 11.2. The van der Waals surface area contributed by atoms with E-state index in [-0.39, 0.29) is 11.7 Å². The largest absolute Gasteiger partial charge is 0.508 e. The molecule has 1 fully saturated rings. The van der Waals surface area contributed by atoms with Crippen LogP contribution in [0.4, 0.5) is 0 Å². The first-order valence-corrected chi connectivity index (χ1v) is 7.54. The Hall–Kier alpha value is -1.09. The van der Waals surface area contributed by atoms with Gasteiger partial charge in [0, 0.05) is 5.92 Å². The number of Topliss-reactive ketones (excluding diaryl/α,β-unsaturated/α-hetero) is 1. The topological polar surface area (TPSA) is 37.3 Å². The van der Waals surface area contributed by atoms with Crippen LogP contribution < -0.4 is 0 Å². The molecule has 0 saturated heterocycles. The molecular formula is C16H17BrO2. The van der Waals surface area contributed by atoms with Gasteiger partial charge in [0.25, 0.3) is 0 Å². The number of benzene rings is 1. The monoisotopic (exact) mass is 320 g/mol. The molecule has 1 aromatic carbocycles. The van der Waals surface area contributed by atoms with Gasteiger partial charge in [-0.2, -0.15) is 0 Å². The Bertz CT molecular complexity index is 601. The molecule has 0 heterocycles. The number of phenolic OH excluding ortho intramolecular Hbond substituents is 1. The second-order valence-electron chi connectivity index (χ2n) is 5.69. The molecule has 1 aromatic rings. The van der Waals surface area contributed by atoms with E-state index in [9.17, 15) is 9.90 Å². The summed E-state index contributed by atoms with van der Waals surface area (Å²) in [4.78, 5) is 12.3. The molecule has 0 spiro atoms. The molecular weight excluding hydrogens is 304 g/mol. The van der Waals surface area contributed by atoms with Gasteiger partial charge in [-0.3, -0.25) is 4.79 Å². The molecule has 0 aliphatic heterocycles.